The minimum Gasteiger partial charge on any atom is -0.355 e. The van der Waals surface area contributed by atoms with Crippen molar-refractivity contribution in [3.63, 3.8) is 0 Å². The minimum absolute atomic E-state index is 0.00898. The van der Waals surface area contributed by atoms with Crippen LogP contribution in [0.3, 0.4) is 0 Å². The molecule has 3 fully saturated rings. The van der Waals surface area contributed by atoms with Gasteiger partial charge in [0.05, 0.1) is 11.7 Å². The molecule has 3 aliphatic heterocycles. The Bertz CT molecular complexity index is 990. The van der Waals surface area contributed by atoms with Gasteiger partial charge in [-0.05, 0) is 46.0 Å². The Morgan fingerprint density at radius 3 is 2.84 bits per heavy atom. The maximum atomic E-state index is 13.5. The molecule has 0 bridgehead atoms. The topological polar surface area (TPSA) is 95.0 Å². The number of carbonyl (C=O) groups is 1. The molecule has 9 nitrogen and oxygen atoms in total. The third kappa shape index (κ3) is 3.86. The Labute approximate surface area is 189 Å². The van der Waals surface area contributed by atoms with Crippen LogP contribution in [-0.2, 0) is 4.79 Å². The number of aromatic nitrogens is 3. The molecular formula is C23H36N8O. The maximum absolute atomic E-state index is 13.5. The first-order valence-electron chi connectivity index (χ1n) is 12.1. The van der Waals surface area contributed by atoms with Crippen molar-refractivity contribution < 1.29 is 4.79 Å². The van der Waals surface area contributed by atoms with Gasteiger partial charge in [-0.15, -0.1) is 0 Å². The number of hydrogen-bond donors (Lipinski definition) is 2. The van der Waals surface area contributed by atoms with Crippen molar-refractivity contribution >= 4 is 17.4 Å². The van der Waals surface area contributed by atoms with E-state index in [0.29, 0.717) is 6.04 Å². The van der Waals surface area contributed by atoms with Crippen molar-refractivity contribution in [1.82, 2.24) is 29.9 Å². The van der Waals surface area contributed by atoms with E-state index in [1.54, 1.807) is 0 Å². The number of carbonyl (C=O) groups excluding carboxylic acids is 1. The molecule has 3 N–H and O–H groups in total. The Balaban J connectivity index is 1.40. The van der Waals surface area contributed by atoms with Gasteiger partial charge in [-0.1, -0.05) is 6.92 Å². The zero-order valence-corrected chi connectivity index (χ0v) is 19.5. The summed E-state index contributed by atoms with van der Waals surface area (Å²) in [5.74, 6) is 1.20. The molecule has 5 rings (SSSR count). The highest BCUT2D eigenvalue weighted by molar-refractivity contribution is 5.82. The zero-order chi connectivity index (χ0) is 22.4. The first kappa shape index (κ1) is 21.6. The molecule has 1 amide bonds. The lowest BCUT2D eigenvalue weighted by atomic mass is 9.97. The zero-order valence-electron chi connectivity index (χ0n) is 19.5. The number of fused-ring (bicyclic) bond motifs is 1. The van der Waals surface area contributed by atoms with E-state index in [9.17, 15) is 4.79 Å². The molecule has 2 unspecified atom stereocenters. The van der Waals surface area contributed by atoms with E-state index < -0.39 is 0 Å². The molecule has 9 heteroatoms. The van der Waals surface area contributed by atoms with Gasteiger partial charge in [0.25, 0.3) is 0 Å². The number of aryl methyl sites for hydroxylation is 1. The molecule has 2 aromatic heterocycles. The van der Waals surface area contributed by atoms with E-state index in [2.05, 4.69) is 53.3 Å². The number of piperidine rings is 1. The molecule has 0 aliphatic carbocycles. The molecule has 174 valence electrons. The number of nitrogens with two attached hydrogens (primary N) is 1. The maximum Gasteiger partial charge on any atom is 0.241 e. The molecule has 2 aromatic rings. The van der Waals surface area contributed by atoms with Crippen molar-refractivity contribution in [2.75, 3.05) is 31.1 Å². The lowest BCUT2D eigenvalue weighted by Crippen LogP contribution is -2.49. The van der Waals surface area contributed by atoms with Gasteiger partial charge < -0.3 is 15.5 Å². The number of hydrazine groups is 1. The highest BCUT2D eigenvalue weighted by Gasteiger charge is 2.38. The smallest absolute Gasteiger partial charge is 0.241 e. The van der Waals surface area contributed by atoms with Crippen molar-refractivity contribution in [3.8, 4) is 0 Å². The third-order valence-corrected chi connectivity index (χ3v) is 7.34. The van der Waals surface area contributed by atoms with Crippen molar-refractivity contribution in [2.24, 2.45) is 5.73 Å². The second-order valence-corrected chi connectivity index (χ2v) is 9.71. The summed E-state index contributed by atoms with van der Waals surface area (Å²) < 4.78 is 1.87. The monoisotopic (exact) mass is 440 g/mol. The van der Waals surface area contributed by atoms with E-state index in [4.69, 9.17) is 15.8 Å². The molecule has 32 heavy (non-hydrogen) atoms. The predicted molar refractivity (Wildman–Crippen MR) is 124 cm³/mol. The van der Waals surface area contributed by atoms with E-state index in [-0.39, 0.29) is 24.0 Å². The highest BCUT2D eigenvalue weighted by Crippen LogP contribution is 2.33. The number of hydrogen-bond acceptors (Lipinski definition) is 7. The van der Waals surface area contributed by atoms with Crippen molar-refractivity contribution in [3.05, 3.63) is 23.5 Å². The SMILES string of the molecule is CCN1NC(C(=O)N2CCCC[C@H]2c2cc3nc(N4CC[C@H](N)C4)c(C)cn3n2)CC1C. The van der Waals surface area contributed by atoms with Crippen LogP contribution in [0.1, 0.15) is 63.3 Å². The van der Waals surface area contributed by atoms with Gasteiger partial charge in [-0.2, -0.15) is 5.10 Å². The second kappa shape index (κ2) is 8.61. The third-order valence-electron chi connectivity index (χ3n) is 7.34. The van der Waals surface area contributed by atoms with Gasteiger partial charge in [0, 0.05) is 56.1 Å². The van der Waals surface area contributed by atoms with Crippen molar-refractivity contribution in [1.29, 1.82) is 0 Å². The summed E-state index contributed by atoms with van der Waals surface area (Å²) in [6, 6.07) is 2.52. The Morgan fingerprint density at radius 1 is 1.28 bits per heavy atom. The first-order valence-corrected chi connectivity index (χ1v) is 12.1. The first-order chi connectivity index (χ1) is 15.4. The summed E-state index contributed by atoms with van der Waals surface area (Å²) >= 11 is 0. The van der Waals surface area contributed by atoms with E-state index in [0.717, 1.165) is 81.0 Å². The lowest BCUT2D eigenvalue weighted by Gasteiger charge is -2.36. The minimum atomic E-state index is -0.145. The standard InChI is InChI=1S/C23H36N8O/c1-4-30-16(3)11-19(27-30)23(32)29-9-6-5-7-20(29)18-12-21-25-22(15(2)13-31(21)26-18)28-10-8-17(24)14-28/h12-13,16-17,19-20,27H,4-11,14,24H2,1-3H3/t16?,17-,19?,20-/m0/s1. The lowest BCUT2D eigenvalue weighted by molar-refractivity contribution is -0.137. The molecule has 4 atom stereocenters. The van der Waals surface area contributed by atoms with Crippen LogP contribution in [-0.4, -0.2) is 74.7 Å². The molecular weight excluding hydrogens is 404 g/mol. The molecule has 0 saturated carbocycles. The Hall–Kier alpha value is -2.23. The normalized spacial score (nSPS) is 29.4. The molecule has 0 aromatic carbocycles. The number of nitrogens with zero attached hydrogens (tertiary/aromatic N) is 6. The van der Waals surface area contributed by atoms with Gasteiger partial charge in [-0.25, -0.2) is 19.9 Å². The molecule has 0 radical (unpaired) electrons. The van der Waals surface area contributed by atoms with Crippen LogP contribution in [0.2, 0.25) is 0 Å². The molecule has 3 saturated heterocycles. The highest BCUT2D eigenvalue weighted by atomic mass is 16.2. The van der Waals surface area contributed by atoms with E-state index in [1.807, 2.05) is 4.52 Å². The molecule has 0 spiro atoms. The van der Waals surface area contributed by atoms with E-state index in [1.165, 1.54) is 0 Å². The van der Waals surface area contributed by atoms with Crippen LogP contribution < -0.4 is 16.1 Å². The van der Waals surface area contributed by atoms with Gasteiger partial charge >= 0.3 is 0 Å². The number of nitrogens with one attached hydrogen (secondary N) is 1. The van der Waals surface area contributed by atoms with Gasteiger partial charge in [0.15, 0.2) is 5.65 Å². The van der Waals surface area contributed by atoms with Crippen LogP contribution in [0.25, 0.3) is 5.65 Å². The fourth-order valence-corrected chi connectivity index (χ4v) is 5.59. The fraction of sp³-hybridized carbons (Fsp3) is 0.696. The van der Waals surface area contributed by atoms with Crippen LogP contribution in [0.15, 0.2) is 12.3 Å². The van der Waals surface area contributed by atoms with E-state index >= 15 is 0 Å². The molecule has 3 aliphatic rings. The predicted octanol–water partition coefficient (Wildman–Crippen LogP) is 1.62. The quantitative estimate of drug-likeness (QED) is 0.746. The Kier molecular flexibility index (Phi) is 5.81. The summed E-state index contributed by atoms with van der Waals surface area (Å²) in [5, 5.41) is 7.04. The number of anilines is 1. The van der Waals surface area contributed by atoms with Crippen LogP contribution in [0.5, 0.6) is 0 Å². The number of amides is 1. The van der Waals surface area contributed by atoms with Crippen LogP contribution in [0.4, 0.5) is 5.82 Å². The Morgan fingerprint density at radius 2 is 2.12 bits per heavy atom. The van der Waals surface area contributed by atoms with Gasteiger partial charge in [0.2, 0.25) is 5.91 Å². The van der Waals surface area contributed by atoms with Crippen LogP contribution in [0, 0.1) is 6.92 Å². The second-order valence-electron chi connectivity index (χ2n) is 9.71. The summed E-state index contributed by atoms with van der Waals surface area (Å²) in [5.41, 5.74) is 12.4. The van der Waals surface area contributed by atoms with Gasteiger partial charge in [-0.3, -0.25) is 4.79 Å². The number of likely N-dealkylation sites (tertiary alicyclic amines) is 1. The summed E-state index contributed by atoms with van der Waals surface area (Å²) in [4.78, 5) is 22.8. The van der Waals surface area contributed by atoms with Crippen LogP contribution >= 0.6 is 0 Å². The van der Waals surface area contributed by atoms with Crippen molar-refractivity contribution in [2.45, 2.75) is 77.0 Å². The number of rotatable bonds is 4. The summed E-state index contributed by atoms with van der Waals surface area (Å²) in [6.45, 7) is 9.86. The fourth-order valence-electron chi connectivity index (χ4n) is 5.59. The summed E-state index contributed by atoms with van der Waals surface area (Å²) in [7, 11) is 0. The molecule has 5 heterocycles. The average molecular weight is 441 g/mol. The van der Waals surface area contributed by atoms with Gasteiger partial charge in [0.1, 0.15) is 11.9 Å². The average Bonchev–Trinajstić information content (AvgIpc) is 3.50. The summed E-state index contributed by atoms with van der Waals surface area (Å²) in [6.07, 6.45) is 7.01. The largest absolute Gasteiger partial charge is 0.355 e.